The van der Waals surface area contributed by atoms with Gasteiger partial charge in [0.25, 0.3) is 0 Å². The maximum atomic E-state index is 12.6. The number of rotatable bonds is 8. The molecule has 1 aliphatic heterocycles. The molecule has 5 nitrogen and oxygen atoms in total. The average Bonchev–Trinajstić information content (AvgIpc) is 2.79. The van der Waals surface area contributed by atoms with E-state index in [1.807, 2.05) is 65.6 Å². The SMILES string of the molecule is COC(CNC(=O)C1CCN(C(=O)CCc2ccccc2)CC1)c1ccccc1. The van der Waals surface area contributed by atoms with E-state index in [9.17, 15) is 9.59 Å². The third kappa shape index (κ3) is 6.16. The minimum atomic E-state index is -0.153. The first kappa shape index (κ1) is 21.1. The van der Waals surface area contributed by atoms with Gasteiger partial charge in [-0.3, -0.25) is 9.59 Å². The van der Waals surface area contributed by atoms with Gasteiger partial charge in [-0.25, -0.2) is 0 Å². The number of nitrogens with one attached hydrogen (secondary N) is 1. The summed E-state index contributed by atoms with van der Waals surface area (Å²) in [5, 5.41) is 3.03. The summed E-state index contributed by atoms with van der Waals surface area (Å²) in [6.07, 6.45) is 2.56. The number of carbonyl (C=O) groups excluding carboxylic acids is 2. The summed E-state index contributed by atoms with van der Waals surface area (Å²) < 4.78 is 5.52. The molecule has 0 aliphatic carbocycles. The normalized spacial score (nSPS) is 15.7. The Morgan fingerprint density at radius 3 is 2.28 bits per heavy atom. The lowest BCUT2D eigenvalue weighted by Gasteiger charge is -2.31. The van der Waals surface area contributed by atoms with Crippen LogP contribution in [0.25, 0.3) is 0 Å². The predicted octanol–water partition coefficient (Wildman–Crippen LogP) is 3.36. The van der Waals surface area contributed by atoms with E-state index in [-0.39, 0.29) is 23.8 Å². The van der Waals surface area contributed by atoms with Gasteiger partial charge in [-0.2, -0.15) is 0 Å². The van der Waals surface area contributed by atoms with Crippen LogP contribution in [0.4, 0.5) is 0 Å². The molecule has 2 aromatic rings. The van der Waals surface area contributed by atoms with Crippen LogP contribution in [0.15, 0.2) is 60.7 Å². The first-order valence-electron chi connectivity index (χ1n) is 10.3. The van der Waals surface area contributed by atoms with Crippen LogP contribution in [-0.2, 0) is 20.7 Å². The second kappa shape index (κ2) is 10.8. The zero-order valence-corrected chi connectivity index (χ0v) is 17.0. The third-order valence-corrected chi connectivity index (χ3v) is 5.61. The lowest BCUT2D eigenvalue weighted by Crippen LogP contribution is -2.43. The van der Waals surface area contributed by atoms with Gasteiger partial charge in [-0.15, -0.1) is 0 Å². The van der Waals surface area contributed by atoms with Crippen molar-refractivity contribution in [2.75, 3.05) is 26.7 Å². The van der Waals surface area contributed by atoms with Crippen LogP contribution in [0.3, 0.4) is 0 Å². The second-order valence-corrected chi connectivity index (χ2v) is 7.52. The Bertz CT molecular complexity index is 771. The lowest BCUT2D eigenvalue weighted by atomic mass is 9.95. The highest BCUT2D eigenvalue weighted by Crippen LogP contribution is 2.20. The van der Waals surface area contributed by atoms with Crippen molar-refractivity contribution in [3.05, 3.63) is 71.8 Å². The largest absolute Gasteiger partial charge is 0.375 e. The van der Waals surface area contributed by atoms with Crippen molar-refractivity contribution in [1.29, 1.82) is 0 Å². The van der Waals surface area contributed by atoms with Crippen molar-refractivity contribution in [2.24, 2.45) is 5.92 Å². The number of piperidine rings is 1. The molecule has 2 amide bonds. The summed E-state index contributed by atoms with van der Waals surface area (Å²) in [6, 6.07) is 20.0. The molecular weight excluding hydrogens is 364 g/mol. The number of benzene rings is 2. The highest BCUT2D eigenvalue weighted by atomic mass is 16.5. The molecule has 5 heteroatoms. The molecule has 29 heavy (non-hydrogen) atoms. The number of aryl methyl sites for hydroxylation is 1. The van der Waals surface area contributed by atoms with Crippen molar-refractivity contribution >= 4 is 11.8 Å². The van der Waals surface area contributed by atoms with Gasteiger partial charge in [0.2, 0.25) is 11.8 Å². The van der Waals surface area contributed by atoms with E-state index < -0.39 is 0 Å². The molecule has 1 N–H and O–H groups in total. The average molecular weight is 395 g/mol. The fraction of sp³-hybridized carbons (Fsp3) is 0.417. The van der Waals surface area contributed by atoms with E-state index >= 15 is 0 Å². The maximum absolute atomic E-state index is 12.6. The predicted molar refractivity (Wildman–Crippen MR) is 113 cm³/mol. The Morgan fingerprint density at radius 2 is 1.66 bits per heavy atom. The number of nitrogens with zero attached hydrogens (tertiary/aromatic N) is 1. The second-order valence-electron chi connectivity index (χ2n) is 7.52. The first-order valence-corrected chi connectivity index (χ1v) is 10.3. The molecule has 0 bridgehead atoms. The molecule has 3 rings (SSSR count). The van der Waals surface area contributed by atoms with Gasteiger partial charge < -0.3 is 15.0 Å². The van der Waals surface area contributed by atoms with E-state index in [2.05, 4.69) is 5.32 Å². The number of ether oxygens (including phenoxy) is 1. The minimum absolute atomic E-state index is 0.0403. The minimum Gasteiger partial charge on any atom is -0.375 e. The van der Waals surface area contributed by atoms with E-state index in [1.165, 1.54) is 5.56 Å². The zero-order valence-electron chi connectivity index (χ0n) is 17.0. The molecule has 154 valence electrons. The molecule has 0 radical (unpaired) electrons. The van der Waals surface area contributed by atoms with Gasteiger partial charge in [0.15, 0.2) is 0 Å². The number of likely N-dealkylation sites (tertiary alicyclic amines) is 1. The van der Waals surface area contributed by atoms with Crippen molar-refractivity contribution in [2.45, 2.75) is 31.8 Å². The fourth-order valence-corrected chi connectivity index (χ4v) is 3.79. The Labute approximate surface area is 173 Å². The van der Waals surface area contributed by atoms with E-state index in [4.69, 9.17) is 4.74 Å². The number of methoxy groups -OCH3 is 1. The summed E-state index contributed by atoms with van der Waals surface area (Å²) in [5.41, 5.74) is 2.23. The van der Waals surface area contributed by atoms with Crippen LogP contribution in [0, 0.1) is 5.92 Å². The topological polar surface area (TPSA) is 58.6 Å². The van der Waals surface area contributed by atoms with E-state index in [0.717, 1.165) is 12.0 Å². The molecule has 1 saturated heterocycles. The van der Waals surface area contributed by atoms with Crippen LogP contribution in [0.2, 0.25) is 0 Å². The number of hydrogen-bond donors (Lipinski definition) is 1. The molecule has 1 heterocycles. The van der Waals surface area contributed by atoms with Crippen molar-refractivity contribution < 1.29 is 14.3 Å². The smallest absolute Gasteiger partial charge is 0.223 e. The molecule has 0 aromatic heterocycles. The molecule has 1 aliphatic rings. The summed E-state index contributed by atoms with van der Waals surface area (Å²) >= 11 is 0. The van der Waals surface area contributed by atoms with Crippen LogP contribution >= 0.6 is 0 Å². The summed E-state index contributed by atoms with van der Waals surface area (Å²) in [4.78, 5) is 26.9. The maximum Gasteiger partial charge on any atom is 0.223 e. The van der Waals surface area contributed by atoms with Crippen molar-refractivity contribution in [3.8, 4) is 0 Å². The molecule has 0 saturated carbocycles. The Morgan fingerprint density at radius 1 is 1.03 bits per heavy atom. The molecule has 1 atom stereocenters. The molecule has 2 aromatic carbocycles. The van der Waals surface area contributed by atoms with Gasteiger partial charge in [0.05, 0.1) is 6.10 Å². The number of carbonyl (C=O) groups is 2. The lowest BCUT2D eigenvalue weighted by molar-refractivity contribution is -0.135. The number of amides is 2. The van der Waals surface area contributed by atoms with E-state index in [1.54, 1.807) is 7.11 Å². The van der Waals surface area contributed by atoms with Crippen molar-refractivity contribution in [1.82, 2.24) is 10.2 Å². The molecule has 1 fully saturated rings. The summed E-state index contributed by atoms with van der Waals surface area (Å²) in [5.74, 6) is 0.192. The van der Waals surface area contributed by atoms with Crippen molar-refractivity contribution in [3.63, 3.8) is 0 Å². The Balaban J connectivity index is 1.40. The van der Waals surface area contributed by atoms with Gasteiger partial charge in [-0.1, -0.05) is 60.7 Å². The number of hydrogen-bond acceptors (Lipinski definition) is 3. The fourth-order valence-electron chi connectivity index (χ4n) is 3.79. The van der Waals surface area contributed by atoms with E-state index in [0.29, 0.717) is 38.9 Å². The van der Waals surface area contributed by atoms with Gasteiger partial charge in [-0.05, 0) is 30.4 Å². The van der Waals surface area contributed by atoms with Gasteiger partial charge >= 0.3 is 0 Å². The van der Waals surface area contributed by atoms with Crippen LogP contribution in [-0.4, -0.2) is 43.5 Å². The van der Waals surface area contributed by atoms with Gasteiger partial charge in [0.1, 0.15) is 0 Å². The van der Waals surface area contributed by atoms with Crippen LogP contribution < -0.4 is 5.32 Å². The monoisotopic (exact) mass is 394 g/mol. The summed E-state index contributed by atoms with van der Waals surface area (Å²) in [7, 11) is 1.66. The van der Waals surface area contributed by atoms with Crippen LogP contribution in [0.5, 0.6) is 0 Å². The Kier molecular flexibility index (Phi) is 7.82. The Hall–Kier alpha value is -2.66. The summed E-state index contributed by atoms with van der Waals surface area (Å²) in [6.45, 7) is 1.76. The third-order valence-electron chi connectivity index (χ3n) is 5.61. The highest BCUT2D eigenvalue weighted by Gasteiger charge is 2.27. The quantitative estimate of drug-likeness (QED) is 0.747. The molecule has 0 spiro atoms. The molecular formula is C24H30N2O3. The standard InChI is InChI=1S/C24H30N2O3/c1-29-22(20-10-6-3-7-11-20)18-25-24(28)21-14-16-26(17-15-21)23(27)13-12-19-8-4-2-5-9-19/h2-11,21-22H,12-18H2,1H3,(H,25,28). The van der Waals surface area contributed by atoms with Crippen LogP contribution in [0.1, 0.15) is 36.5 Å². The highest BCUT2D eigenvalue weighted by molar-refractivity contribution is 5.80. The van der Waals surface area contributed by atoms with Gasteiger partial charge in [0, 0.05) is 39.1 Å². The first-order chi connectivity index (χ1) is 14.2. The molecule has 1 unspecified atom stereocenters. The zero-order chi connectivity index (χ0) is 20.5.